The zero-order valence-corrected chi connectivity index (χ0v) is 11.6. The summed E-state index contributed by atoms with van der Waals surface area (Å²) in [5, 5.41) is 0. The van der Waals surface area contributed by atoms with Gasteiger partial charge < -0.3 is 4.90 Å². The number of hydrogen-bond donors (Lipinski definition) is 0. The lowest BCUT2D eigenvalue weighted by molar-refractivity contribution is -0.137. The summed E-state index contributed by atoms with van der Waals surface area (Å²) in [5.41, 5.74) is -0.458. The van der Waals surface area contributed by atoms with Crippen molar-refractivity contribution in [1.82, 2.24) is 9.97 Å². The van der Waals surface area contributed by atoms with E-state index in [9.17, 15) is 18.0 Å². The Morgan fingerprint density at radius 1 is 1.19 bits per heavy atom. The van der Waals surface area contributed by atoms with E-state index in [-0.39, 0.29) is 23.7 Å². The second-order valence-corrected chi connectivity index (χ2v) is 4.04. The zero-order valence-electron chi connectivity index (χ0n) is 10.8. The van der Waals surface area contributed by atoms with Gasteiger partial charge >= 0.3 is 6.18 Å². The van der Waals surface area contributed by atoms with E-state index in [0.29, 0.717) is 0 Å². The Balaban J connectivity index is 0.00000220. The summed E-state index contributed by atoms with van der Waals surface area (Å²) in [4.78, 5) is 20.6. The molecular weight excluding hydrogens is 307 g/mol. The van der Waals surface area contributed by atoms with Gasteiger partial charge in [-0.2, -0.15) is 13.2 Å². The molecule has 0 aliphatic heterocycles. The number of carbonyl (C=O) groups excluding carboxylic acids is 1. The summed E-state index contributed by atoms with van der Waals surface area (Å²) in [6.07, 6.45) is -0.574. The number of carbonyl (C=O) groups is 1. The van der Waals surface area contributed by atoms with Crippen molar-refractivity contribution in [3.05, 3.63) is 54.1 Å². The number of amides is 1. The van der Waals surface area contributed by atoms with E-state index in [4.69, 9.17) is 0 Å². The van der Waals surface area contributed by atoms with Crippen LogP contribution in [0, 0.1) is 0 Å². The van der Waals surface area contributed by atoms with Crippen LogP contribution in [0.5, 0.6) is 0 Å². The molecule has 21 heavy (non-hydrogen) atoms. The Kier molecular flexibility index (Phi) is 5.26. The summed E-state index contributed by atoms with van der Waals surface area (Å²) >= 11 is 0. The quantitative estimate of drug-likeness (QED) is 0.854. The van der Waals surface area contributed by atoms with Crippen LogP contribution < -0.4 is 4.90 Å². The van der Waals surface area contributed by atoms with Crippen LogP contribution in [0.4, 0.5) is 18.9 Å². The van der Waals surface area contributed by atoms with E-state index in [0.717, 1.165) is 17.0 Å². The van der Waals surface area contributed by atoms with Gasteiger partial charge in [0.2, 0.25) is 0 Å². The van der Waals surface area contributed by atoms with Crippen LogP contribution in [0.25, 0.3) is 0 Å². The Morgan fingerprint density at radius 2 is 1.81 bits per heavy atom. The average molecular weight is 318 g/mol. The molecule has 0 unspecified atom stereocenters. The fraction of sp³-hybridized carbons (Fsp3) is 0.154. The SMILES string of the molecule is CN(C(=O)c1cncnc1)c1cccc(C(F)(F)F)c1.Cl. The van der Waals surface area contributed by atoms with Gasteiger partial charge in [-0.25, -0.2) is 9.97 Å². The molecule has 0 fully saturated rings. The van der Waals surface area contributed by atoms with Crippen LogP contribution in [-0.2, 0) is 6.18 Å². The van der Waals surface area contributed by atoms with E-state index < -0.39 is 17.6 Å². The number of benzene rings is 1. The van der Waals surface area contributed by atoms with Gasteiger partial charge in [0.05, 0.1) is 11.1 Å². The maximum atomic E-state index is 12.6. The average Bonchev–Trinajstić information content (AvgIpc) is 2.46. The molecular formula is C13H11ClF3N3O. The second kappa shape index (κ2) is 6.53. The molecule has 0 saturated carbocycles. The first kappa shape index (κ1) is 16.9. The highest BCUT2D eigenvalue weighted by atomic mass is 35.5. The molecule has 4 nitrogen and oxygen atoms in total. The number of anilines is 1. The minimum absolute atomic E-state index is 0. The van der Waals surface area contributed by atoms with Crippen molar-refractivity contribution in [2.75, 3.05) is 11.9 Å². The Hall–Kier alpha value is -2.15. The smallest absolute Gasteiger partial charge is 0.311 e. The van der Waals surface area contributed by atoms with Crippen LogP contribution in [0.2, 0.25) is 0 Å². The highest BCUT2D eigenvalue weighted by Crippen LogP contribution is 2.31. The van der Waals surface area contributed by atoms with Crippen LogP contribution in [-0.4, -0.2) is 22.9 Å². The van der Waals surface area contributed by atoms with E-state index in [1.54, 1.807) is 0 Å². The fourth-order valence-corrected chi connectivity index (χ4v) is 1.61. The molecule has 0 saturated heterocycles. The second-order valence-electron chi connectivity index (χ2n) is 4.04. The van der Waals surface area contributed by atoms with Crippen LogP contribution in [0.3, 0.4) is 0 Å². The molecule has 1 heterocycles. The molecule has 1 amide bonds. The predicted octanol–water partition coefficient (Wildman–Crippen LogP) is 3.19. The van der Waals surface area contributed by atoms with Gasteiger partial charge in [-0.05, 0) is 18.2 Å². The summed E-state index contributed by atoms with van der Waals surface area (Å²) in [6, 6.07) is 4.55. The number of nitrogens with zero attached hydrogens (tertiary/aromatic N) is 3. The van der Waals surface area contributed by atoms with Gasteiger partial charge in [0, 0.05) is 25.1 Å². The lowest BCUT2D eigenvalue weighted by Crippen LogP contribution is -2.26. The molecule has 0 aliphatic carbocycles. The number of alkyl halides is 3. The largest absolute Gasteiger partial charge is 0.416 e. The maximum Gasteiger partial charge on any atom is 0.416 e. The fourth-order valence-electron chi connectivity index (χ4n) is 1.61. The number of aromatic nitrogens is 2. The summed E-state index contributed by atoms with van der Waals surface area (Å²) < 4.78 is 37.9. The van der Waals surface area contributed by atoms with Gasteiger partial charge in [0.1, 0.15) is 6.33 Å². The van der Waals surface area contributed by atoms with E-state index in [1.165, 1.54) is 37.9 Å². The molecule has 0 aliphatic rings. The minimum atomic E-state index is -4.45. The van der Waals surface area contributed by atoms with Crippen molar-refractivity contribution in [3.63, 3.8) is 0 Å². The topological polar surface area (TPSA) is 46.1 Å². The molecule has 0 radical (unpaired) electrons. The number of halogens is 4. The number of rotatable bonds is 2. The predicted molar refractivity (Wildman–Crippen MR) is 73.5 cm³/mol. The van der Waals surface area contributed by atoms with Gasteiger partial charge in [-0.1, -0.05) is 6.07 Å². The first-order valence-corrected chi connectivity index (χ1v) is 5.60. The molecule has 0 N–H and O–H groups in total. The van der Waals surface area contributed by atoms with Crippen molar-refractivity contribution in [2.24, 2.45) is 0 Å². The molecule has 112 valence electrons. The Labute approximate surface area is 125 Å². The summed E-state index contributed by atoms with van der Waals surface area (Å²) in [5.74, 6) is -0.482. The van der Waals surface area contributed by atoms with E-state index >= 15 is 0 Å². The van der Waals surface area contributed by atoms with E-state index in [1.807, 2.05) is 0 Å². The van der Waals surface area contributed by atoms with Crippen molar-refractivity contribution >= 4 is 24.0 Å². The first-order valence-electron chi connectivity index (χ1n) is 5.60. The van der Waals surface area contributed by atoms with Gasteiger partial charge in [0.25, 0.3) is 5.91 Å². The molecule has 1 aromatic heterocycles. The van der Waals surface area contributed by atoms with Crippen molar-refractivity contribution in [1.29, 1.82) is 0 Å². The third-order valence-corrected chi connectivity index (χ3v) is 2.67. The minimum Gasteiger partial charge on any atom is -0.311 e. The first-order chi connectivity index (χ1) is 9.39. The normalized spacial score (nSPS) is 10.7. The molecule has 2 aromatic rings. The standard InChI is InChI=1S/C13H10F3N3O.ClH/c1-19(12(20)9-6-17-8-18-7-9)11-4-2-3-10(5-11)13(14,15)16;/h2-8H,1H3;1H. The lowest BCUT2D eigenvalue weighted by atomic mass is 10.1. The number of hydrogen-bond acceptors (Lipinski definition) is 3. The Morgan fingerprint density at radius 3 is 2.38 bits per heavy atom. The summed E-state index contributed by atoms with van der Waals surface area (Å²) in [7, 11) is 1.39. The van der Waals surface area contributed by atoms with Crippen molar-refractivity contribution in [2.45, 2.75) is 6.18 Å². The van der Waals surface area contributed by atoms with Gasteiger partial charge in [0.15, 0.2) is 0 Å². The Bertz CT molecular complexity index is 620. The molecule has 0 bridgehead atoms. The lowest BCUT2D eigenvalue weighted by Gasteiger charge is -2.18. The van der Waals surface area contributed by atoms with Crippen LogP contribution >= 0.6 is 12.4 Å². The van der Waals surface area contributed by atoms with Crippen LogP contribution in [0.1, 0.15) is 15.9 Å². The van der Waals surface area contributed by atoms with Gasteiger partial charge in [-0.15, -0.1) is 12.4 Å². The maximum absolute atomic E-state index is 12.6. The molecule has 2 rings (SSSR count). The molecule has 1 aromatic carbocycles. The summed E-state index contributed by atoms with van der Waals surface area (Å²) in [6.45, 7) is 0. The van der Waals surface area contributed by atoms with Crippen LogP contribution in [0.15, 0.2) is 43.0 Å². The molecule has 0 atom stereocenters. The van der Waals surface area contributed by atoms with Crippen molar-refractivity contribution in [3.8, 4) is 0 Å². The highest BCUT2D eigenvalue weighted by molar-refractivity contribution is 6.05. The monoisotopic (exact) mass is 317 g/mol. The molecule has 0 spiro atoms. The van der Waals surface area contributed by atoms with E-state index in [2.05, 4.69) is 9.97 Å². The third-order valence-electron chi connectivity index (χ3n) is 2.67. The molecule has 8 heteroatoms. The highest BCUT2D eigenvalue weighted by Gasteiger charge is 2.31. The van der Waals surface area contributed by atoms with Crippen molar-refractivity contribution < 1.29 is 18.0 Å². The third kappa shape index (κ3) is 3.91. The zero-order chi connectivity index (χ0) is 14.8. The van der Waals surface area contributed by atoms with Gasteiger partial charge in [-0.3, -0.25) is 4.79 Å².